The second-order valence-corrected chi connectivity index (χ2v) is 4.53. The minimum atomic E-state index is -0.185. The van der Waals surface area contributed by atoms with Gasteiger partial charge in [-0.1, -0.05) is 30.3 Å². The molecule has 0 aliphatic rings. The first kappa shape index (κ1) is 14.3. The molecule has 1 aromatic heterocycles. The number of hydrogen-bond donors (Lipinski definition) is 2. The summed E-state index contributed by atoms with van der Waals surface area (Å²) in [6.07, 6.45) is 0.861. The van der Waals surface area contributed by atoms with Gasteiger partial charge >= 0.3 is 0 Å². The summed E-state index contributed by atoms with van der Waals surface area (Å²) in [6.45, 7) is 3.98. The number of aromatic nitrogens is 2. The molecule has 0 unspecified atom stereocenters. The number of nitrogens with one attached hydrogen (secondary N) is 2. The van der Waals surface area contributed by atoms with Crippen LogP contribution in [0.25, 0.3) is 0 Å². The van der Waals surface area contributed by atoms with Gasteiger partial charge in [-0.2, -0.15) is 0 Å². The SMILES string of the molecule is Cc1nc(OCCCNCc2ccccc2)cc(=O)[nH]1. The van der Waals surface area contributed by atoms with E-state index in [0.29, 0.717) is 18.3 Å². The summed E-state index contributed by atoms with van der Waals surface area (Å²) in [5.41, 5.74) is 1.08. The molecule has 0 atom stereocenters. The zero-order valence-corrected chi connectivity index (χ0v) is 11.6. The van der Waals surface area contributed by atoms with Gasteiger partial charge in [0.25, 0.3) is 5.56 Å². The van der Waals surface area contributed by atoms with Crippen LogP contribution in [-0.2, 0) is 6.54 Å². The fourth-order valence-electron chi connectivity index (χ4n) is 1.83. The standard InChI is InChI=1S/C15H19N3O2/c1-12-17-14(19)10-15(18-12)20-9-5-8-16-11-13-6-3-2-4-7-13/h2-4,6-7,10,16H,5,8-9,11H2,1H3,(H,17,18,19). The lowest BCUT2D eigenvalue weighted by Gasteiger charge is -2.07. The van der Waals surface area contributed by atoms with E-state index < -0.39 is 0 Å². The van der Waals surface area contributed by atoms with Crippen LogP contribution < -0.4 is 15.6 Å². The average Bonchev–Trinajstić information content (AvgIpc) is 2.43. The van der Waals surface area contributed by atoms with Crippen LogP contribution in [0.3, 0.4) is 0 Å². The third-order valence-corrected chi connectivity index (χ3v) is 2.76. The number of aromatic amines is 1. The zero-order valence-electron chi connectivity index (χ0n) is 11.6. The molecule has 0 amide bonds. The number of ether oxygens (including phenoxy) is 1. The first-order valence-electron chi connectivity index (χ1n) is 6.69. The lowest BCUT2D eigenvalue weighted by Crippen LogP contribution is -2.17. The van der Waals surface area contributed by atoms with Crippen molar-refractivity contribution in [3.63, 3.8) is 0 Å². The summed E-state index contributed by atoms with van der Waals surface area (Å²) < 4.78 is 5.45. The van der Waals surface area contributed by atoms with Crippen molar-refractivity contribution in [2.75, 3.05) is 13.2 Å². The number of nitrogens with zero attached hydrogens (tertiary/aromatic N) is 1. The van der Waals surface area contributed by atoms with Gasteiger partial charge in [0.05, 0.1) is 12.7 Å². The summed E-state index contributed by atoms with van der Waals surface area (Å²) in [4.78, 5) is 17.9. The highest BCUT2D eigenvalue weighted by Crippen LogP contribution is 2.02. The molecule has 5 heteroatoms. The Balaban J connectivity index is 1.63. The number of hydrogen-bond acceptors (Lipinski definition) is 4. The molecular weight excluding hydrogens is 254 g/mol. The van der Waals surface area contributed by atoms with E-state index >= 15 is 0 Å². The van der Waals surface area contributed by atoms with Crippen LogP contribution in [0.4, 0.5) is 0 Å². The predicted octanol–water partition coefficient (Wildman–Crippen LogP) is 1.64. The van der Waals surface area contributed by atoms with Gasteiger partial charge in [0.15, 0.2) is 0 Å². The van der Waals surface area contributed by atoms with Crippen molar-refractivity contribution in [2.45, 2.75) is 19.9 Å². The Morgan fingerprint density at radius 1 is 1.30 bits per heavy atom. The van der Waals surface area contributed by atoms with Crippen molar-refractivity contribution in [3.8, 4) is 5.88 Å². The topological polar surface area (TPSA) is 67.0 Å². The molecule has 20 heavy (non-hydrogen) atoms. The Hall–Kier alpha value is -2.14. The molecule has 0 aliphatic carbocycles. The van der Waals surface area contributed by atoms with E-state index in [0.717, 1.165) is 19.5 Å². The fraction of sp³-hybridized carbons (Fsp3) is 0.333. The maximum atomic E-state index is 11.2. The molecule has 2 aromatic rings. The Kier molecular flexibility index (Phi) is 5.32. The van der Waals surface area contributed by atoms with Gasteiger partial charge in [0.1, 0.15) is 5.82 Å². The minimum absolute atomic E-state index is 0.185. The maximum absolute atomic E-state index is 11.2. The van der Waals surface area contributed by atoms with Crippen LogP contribution in [0.1, 0.15) is 17.8 Å². The summed E-state index contributed by atoms with van der Waals surface area (Å²) in [7, 11) is 0. The average molecular weight is 273 g/mol. The zero-order chi connectivity index (χ0) is 14.2. The highest BCUT2D eigenvalue weighted by molar-refractivity contribution is 5.14. The summed E-state index contributed by atoms with van der Waals surface area (Å²) in [5, 5.41) is 3.34. The Labute approximate surface area is 118 Å². The van der Waals surface area contributed by atoms with Crippen molar-refractivity contribution in [1.29, 1.82) is 0 Å². The van der Waals surface area contributed by atoms with Gasteiger partial charge in [0, 0.05) is 6.54 Å². The van der Waals surface area contributed by atoms with Gasteiger partial charge in [-0.15, -0.1) is 0 Å². The molecule has 2 rings (SSSR count). The summed E-state index contributed by atoms with van der Waals surface area (Å²) >= 11 is 0. The van der Waals surface area contributed by atoms with Crippen LogP contribution in [0.5, 0.6) is 5.88 Å². The normalized spacial score (nSPS) is 10.4. The van der Waals surface area contributed by atoms with Crippen molar-refractivity contribution in [3.05, 3.63) is 58.1 Å². The minimum Gasteiger partial charge on any atom is -0.477 e. The summed E-state index contributed by atoms with van der Waals surface area (Å²) in [5.74, 6) is 0.948. The number of benzene rings is 1. The second kappa shape index (κ2) is 7.45. The van der Waals surface area contributed by atoms with Crippen LogP contribution in [0, 0.1) is 6.92 Å². The van der Waals surface area contributed by atoms with E-state index in [1.807, 2.05) is 18.2 Å². The molecule has 2 N–H and O–H groups in total. The van der Waals surface area contributed by atoms with Gasteiger partial charge in [0.2, 0.25) is 5.88 Å². The highest BCUT2D eigenvalue weighted by atomic mass is 16.5. The van der Waals surface area contributed by atoms with Gasteiger partial charge < -0.3 is 15.0 Å². The number of aryl methyl sites for hydroxylation is 1. The third-order valence-electron chi connectivity index (χ3n) is 2.76. The Morgan fingerprint density at radius 3 is 2.85 bits per heavy atom. The van der Waals surface area contributed by atoms with Crippen LogP contribution >= 0.6 is 0 Å². The van der Waals surface area contributed by atoms with Crippen molar-refractivity contribution in [1.82, 2.24) is 15.3 Å². The molecule has 1 aromatic carbocycles. The van der Waals surface area contributed by atoms with Gasteiger partial charge in [-0.25, -0.2) is 4.98 Å². The molecule has 0 radical (unpaired) electrons. The largest absolute Gasteiger partial charge is 0.477 e. The van der Waals surface area contributed by atoms with Crippen LogP contribution in [-0.4, -0.2) is 23.1 Å². The van der Waals surface area contributed by atoms with E-state index in [1.54, 1.807) is 6.92 Å². The molecule has 5 nitrogen and oxygen atoms in total. The molecular formula is C15H19N3O2. The van der Waals surface area contributed by atoms with E-state index in [9.17, 15) is 4.79 Å². The Morgan fingerprint density at radius 2 is 2.10 bits per heavy atom. The molecule has 0 fully saturated rings. The van der Waals surface area contributed by atoms with Crippen molar-refractivity contribution >= 4 is 0 Å². The molecule has 0 spiro atoms. The first-order chi connectivity index (χ1) is 9.74. The second-order valence-electron chi connectivity index (χ2n) is 4.53. The van der Waals surface area contributed by atoms with Crippen molar-refractivity contribution < 1.29 is 4.74 Å². The fourth-order valence-corrected chi connectivity index (χ4v) is 1.83. The van der Waals surface area contributed by atoms with Gasteiger partial charge in [-0.3, -0.25) is 4.79 Å². The van der Waals surface area contributed by atoms with Crippen LogP contribution in [0.2, 0.25) is 0 Å². The monoisotopic (exact) mass is 273 g/mol. The molecule has 0 bridgehead atoms. The van der Waals surface area contributed by atoms with Crippen LogP contribution in [0.15, 0.2) is 41.2 Å². The quantitative estimate of drug-likeness (QED) is 0.753. The number of H-pyrrole nitrogens is 1. The number of rotatable bonds is 7. The lowest BCUT2D eigenvalue weighted by molar-refractivity contribution is 0.295. The molecule has 1 heterocycles. The maximum Gasteiger partial charge on any atom is 0.254 e. The molecule has 0 aliphatic heterocycles. The molecule has 0 saturated carbocycles. The van der Waals surface area contributed by atoms with E-state index in [2.05, 4.69) is 27.4 Å². The van der Waals surface area contributed by atoms with E-state index in [1.165, 1.54) is 11.6 Å². The molecule has 106 valence electrons. The van der Waals surface area contributed by atoms with E-state index in [-0.39, 0.29) is 5.56 Å². The highest BCUT2D eigenvalue weighted by Gasteiger charge is 1.98. The molecule has 0 saturated heterocycles. The summed E-state index contributed by atoms with van der Waals surface area (Å²) in [6, 6.07) is 11.6. The predicted molar refractivity (Wildman–Crippen MR) is 77.9 cm³/mol. The van der Waals surface area contributed by atoms with E-state index in [4.69, 9.17) is 4.74 Å². The Bertz CT molecular complexity index is 581. The van der Waals surface area contributed by atoms with Crippen molar-refractivity contribution in [2.24, 2.45) is 0 Å². The smallest absolute Gasteiger partial charge is 0.254 e. The van der Waals surface area contributed by atoms with Gasteiger partial charge in [-0.05, 0) is 25.5 Å². The third kappa shape index (κ3) is 4.85. The first-order valence-corrected chi connectivity index (χ1v) is 6.69. The lowest BCUT2D eigenvalue weighted by atomic mass is 10.2.